The zero-order valence-corrected chi connectivity index (χ0v) is 12.0. The first-order valence-corrected chi connectivity index (χ1v) is 6.07. The number of carbonyl (C=O) groups excluding carboxylic acids is 1. The van der Waals surface area contributed by atoms with Gasteiger partial charge in [0.1, 0.15) is 11.8 Å². The fraction of sp³-hybridized carbons (Fsp3) is 0.133. The van der Waals surface area contributed by atoms with Gasteiger partial charge in [0.25, 0.3) is 0 Å². The second-order valence-corrected chi connectivity index (χ2v) is 4.33. The molecule has 2 aromatic carbocycles. The smallest absolute Gasteiger partial charge is 0.416 e. The third-order valence-corrected chi connectivity index (χ3v) is 2.81. The summed E-state index contributed by atoms with van der Waals surface area (Å²) in [5.41, 5.74) is 5.15. The van der Waals surface area contributed by atoms with E-state index < -0.39 is 23.8 Å². The van der Waals surface area contributed by atoms with Crippen molar-refractivity contribution in [3.05, 3.63) is 65.7 Å². The normalized spacial score (nSPS) is 12.2. The van der Waals surface area contributed by atoms with Gasteiger partial charge in [-0.05, 0) is 29.8 Å². The van der Waals surface area contributed by atoms with Crippen molar-refractivity contribution in [2.45, 2.75) is 12.2 Å². The maximum absolute atomic E-state index is 12.4. The molecule has 0 saturated carbocycles. The molecule has 0 fully saturated rings. The number of hydrogen-bond acceptors (Lipinski definition) is 3. The summed E-state index contributed by atoms with van der Waals surface area (Å²) in [5, 5.41) is 0. The summed E-state index contributed by atoms with van der Waals surface area (Å²) in [6.07, 6.45) is -4.42. The minimum Gasteiger partial charge on any atom is -0.425 e. The molecule has 1 atom stereocenters. The molecule has 0 radical (unpaired) electrons. The highest BCUT2D eigenvalue weighted by Crippen LogP contribution is 2.29. The molecule has 0 heterocycles. The van der Waals surface area contributed by atoms with Gasteiger partial charge in [0.2, 0.25) is 0 Å². The third kappa shape index (κ3) is 4.47. The summed E-state index contributed by atoms with van der Waals surface area (Å²) in [6.45, 7) is 0. The van der Waals surface area contributed by atoms with Crippen LogP contribution in [0.4, 0.5) is 13.2 Å². The van der Waals surface area contributed by atoms with E-state index in [-0.39, 0.29) is 18.0 Å². The number of rotatable bonds is 3. The summed E-state index contributed by atoms with van der Waals surface area (Å²) in [7, 11) is 0. The van der Waals surface area contributed by atoms with Crippen LogP contribution in [0.5, 0.6) is 5.75 Å². The number of para-hydroxylation sites is 1. The van der Waals surface area contributed by atoms with Crippen LogP contribution in [0.2, 0.25) is 0 Å². The number of halogens is 4. The van der Waals surface area contributed by atoms with Gasteiger partial charge in [-0.25, -0.2) is 4.79 Å². The van der Waals surface area contributed by atoms with E-state index in [4.69, 9.17) is 10.5 Å². The molecule has 0 aliphatic heterocycles. The first kappa shape index (κ1) is 18.0. The fourth-order valence-corrected chi connectivity index (χ4v) is 1.68. The van der Waals surface area contributed by atoms with Crippen molar-refractivity contribution in [3.63, 3.8) is 0 Å². The summed E-state index contributed by atoms with van der Waals surface area (Å²) in [6, 6.07) is 11.2. The van der Waals surface area contributed by atoms with E-state index in [1.165, 1.54) is 12.1 Å². The van der Waals surface area contributed by atoms with Crippen molar-refractivity contribution < 1.29 is 22.7 Å². The van der Waals surface area contributed by atoms with E-state index in [1.807, 2.05) is 0 Å². The first-order valence-electron chi connectivity index (χ1n) is 6.07. The number of ether oxygens (including phenoxy) is 1. The molecule has 0 amide bonds. The number of nitrogens with two attached hydrogens (primary N) is 1. The van der Waals surface area contributed by atoms with Gasteiger partial charge in [-0.3, -0.25) is 0 Å². The van der Waals surface area contributed by atoms with Crippen LogP contribution < -0.4 is 10.5 Å². The molecule has 2 aromatic rings. The van der Waals surface area contributed by atoms with E-state index in [1.54, 1.807) is 30.3 Å². The molecule has 0 aliphatic carbocycles. The highest BCUT2D eigenvalue weighted by Gasteiger charge is 2.30. The Morgan fingerprint density at radius 3 is 2.05 bits per heavy atom. The van der Waals surface area contributed by atoms with E-state index in [0.717, 1.165) is 12.1 Å². The van der Waals surface area contributed by atoms with E-state index in [9.17, 15) is 18.0 Å². The number of alkyl halides is 3. The molecule has 0 aromatic heterocycles. The SMILES string of the molecule is Cl.NC(C(=O)Oc1ccccc1)c1ccc(C(F)(F)F)cc1. The molecule has 2 N–H and O–H groups in total. The molecule has 0 spiro atoms. The molecular weight excluding hydrogens is 319 g/mol. The van der Waals surface area contributed by atoms with Gasteiger partial charge in [0.05, 0.1) is 5.56 Å². The maximum atomic E-state index is 12.4. The van der Waals surface area contributed by atoms with Crippen LogP contribution in [0.3, 0.4) is 0 Å². The van der Waals surface area contributed by atoms with Crippen LogP contribution in [0, 0.1) is 0 Å². The molecule has 0 saturated heterocycles. The summed E-state index contributed by atoms with van der Waals surface area (Å²) in [5.74, 6) is -0.411. The first-order chi connectivity index (χ1) is 9.88. The number of carbonyl (C=O) groups is 1. The number of hydrogen-bond donors (Lipinski definition) is 1. The Labute approximate surface area is 131 Å². The van der Waals surface area contributed by atoms with Crippen LogP contribution in [-0.2, 0) is 11.0 Å². The molecule has 7 heteroatoms. The standard InChI is InChI=1S/C15H12F3NO2.ClH/c16-15(17,18)11-8-6-10(7-9-11)13(19)14(20)21-12-4-2-1-3-5-12;/h1-9,13H,19H2;1H. The van der Waals surface area contributed by atoms with Crippen LogP contribution in [-0.4, -0.2) is 5.97 Å². The second kappa shape index (κ2) is 7.29. The van der Waals surface area contributed by atoms with Crippen molar-refractivity contribution in [1.29, 1.82) is 0 Å². The predicted molar refractivity (Wildman–Crippen MR) is 77.7 cm³/mol. The van der Waals surface area contributed by atoms with Gasteiger partial charge in [-0.2, -0.15) is 13.2 Å². The van der Waals surface area contributed by atoms with Crippen LogP contribution in [0.25, 0.3) is 0 Å². The lowest BCUT2D eigenvalue weighted by atomic mass is 10.1. The summed E-state index contributed by atoms with van der Waals surface area (Å²) in [4.78, 5) is 11.8. The molecule has 118 valence electrons. The van der Waals surface area contributed by atoms with Crippen LogP contribution in [0.1, 0.15) is 17.2 Å². The van der Waals surface area contributed by atoms with Crippen molar-refractivity contribution in [2.75, 3.05) is 0 Å². The predicted octanol–water partition coefficient (Wildman–Crippen LogP) is 3.73. The van der Waals surface area contributed by atoms with Gasteiger partial charge in [0, 0.05) is 0 Å². The highest BCUT2D eigenvalue weighted by atomic mass is 35.5. The van der Waals surface area contributed by atoms with Crippen LogP contribution >= 0.6 is 12.4 Å². The average Bonchev–Trinajstić information content (AvgIpc) is 2.46. The highest BCUT2D eigenvalue weighted by molar-refractivity contribution is 5.85. The molecule has 22 heavy (non-hydrogen) atoms. The molecule has 1 unspecified atom stereocenters. The average molecular weight is 332 g/mol. The number of esters is 1. The Hall–Kier alpha value is -2.05. The topological polar surface area (TPSA) is 52.3 Å². The lowest BCUT2D eigenvalue weighted by Crippen LogP contribution is -2.26. The Bertz CT molecular complexity index is 615. The molecule has 0 bridgehead atoms. The lowest BCUT2D eigenvalue weighted by Gasteiger charge is -2.13. The van der Waals surface area contributed by atoms with E-state index in [2.05, 4.69) is 0 Å². The van der Waals surface area contributed by atoms with Crippen LogP contribution in [0.15, 0.2) is 54.6 Å². The zero-order chi connectivity index (χ0) is 15.5. The Kier molecular flexibility index (Phi) is 5.96. The minimum atomic E-state index is -4.42. The number of benzene rings is 2. The second-order valence-electron chi connectivity index (χ2n) is 4.33. The van der Waals surface area contributed by atoms with Crippen molar-refractivity contribution in [2.24, 2.45) is 5.73 Å². The Balaban J connectivity index is 0.00000242. The molecule has 0 aliphatic rings. The summed E-state index contributed by atoms with van der Waals surface area (Å²) >= 11 is 0. The van der Waals surface area contributed by atoms with Crippen molar-refractivity contribution in [1.82, 2.24) is 0 Å². The van der Waals surface area contributed by atoms with Gasteiger partial charge >= 0.3 is 12.1 Å². The maximum Gasteiger partial charge on any atom is 0.416 e. The lowest BCUT2D eigenvalue weighted by molar-refractivity contribution is -0.137. The van der Waals surface area contributed by atoms with Gasteiger partial charge in [-0.1, -0.05) is 30.3 Å². The monoisotopic (exact) mass is 331 g/mol. The quantitative estimate of drug-likeness (QED) is 0.688. The largest absolute Gasteiger partial charge is 0.425 e. The van der Waals surface area contributed by atoms with Gasteiger partial charge in [-0.15, -0.1) is 12.4 Å². The Morgan fingerprint density at radius 1 is 1.00 bits per heavy atom. The van der Waals surface area contributed by atoms with Gasteiger partial charge < -0.3 is 10.5 Å². The minimum absolute atomic E-state index is 0. The molecule has 3 nitrogen and oxygen atoms in total. The van der Waals surface area contributed by atoms with E-state index in [0.29, 0.717) is 5.75 Å². The van der Waals surface area contributed by atoms with E-state index >= 15 is 0 Å². The fourth-order valence-electron chi connectivity index (χ4n) is 1.68. The van der Waals surface area contributed by atoms with Crippen molar-refractivity contribution in [3.8, 4) is 5.75 Å². The van der Waals surface area contributed by atoms with Gasteiger partial charge in [0.15, 0.2) is 0 Å². The zero-order valence-electron chi connectivity index (χ0n) is 11.2. The summed E-state index contributed by atoms with van der Waals surface area (Å²) < 4.78 is 42.4. The molecule has 2 rings (SSSR count). The Morgan fingerprint density at radius 2 is 1.55 bits per heavy atom. The van der Waals surface area contributed by atoms with Crippen molar-refractivity contribution >= 4 is 18.4 Å². The third-order valence-electron chi connectivity index (χ3n) is 2.81. The molecular formula is C15H13ClF3NO2.